The molecule has 16 heavy (non-hydrogen) atoms. The van der Waals surface area contributed by atoms with E-state index in [-0.39, 0.29) is 21.8 Å². The summed E-state index contributed by atoms with van der Waals surface area (Å²) in [6, 6.07) is 0.674. The van der Waals surface area contributed by atoms with Crippen molar-refractivity contribution in [3.05, 3.63) is 26.9 Å². The van der Waals surface area contributed by atoms with E-state index in [0.717, 1.165) is 0 Å². The first-order chi connectivity index (χ1) is 7.16. The van der Waals surface area contributed by atoms with Crippen LogP contribution in [0.5, 0.6) is 5.75 Å². The van der Waals surface area contributed by atoms with Gasteiger partial charge in [-0.1, -0.05) is 32.4 Å². The Morgan fingerprint density at radius 1 is 1.50 bits per heavy atom. The number of hydrogen-bond donors (Lipinski definition) is 2. The molecule has 1 atom stereocenters. The van der Waals surface area contributed by atoms with Crippen LogP contribution in [0.15, 0.2) is 10.5 Å². The lowest BCUT2D eigenvalue weighted by atomic mass is 9.82. The molecule has 0 aromatic heterocycles. The van der Waals surface area contributed by atoms with E-state index in [4.69, 9.17) is 17.3 Å². The molecular weight excluding hydrogens is 296 g/mol. The molecule has 5 heteroatoms. The zero-order chi connectivity index (χ0) is 12.7. The molecule has 3 N–H and O–H groups in total. The first kappa shape index (κ1) is 13.7. The van der Waals surface area contributed by atoms with Crippen molar-refractivity contribution in [1.29, 1.82) is 0 Å². The molecule has 0 fully saturated rings. The maximum Gasteiger partial charge on any atom is 0.150 e. The van der Waals surface area contributed by atoms with Crippen LogP contribution in [-0.4, -0.2) is 5.11 Å². The smallest absolute Gasteiger partial charge is 0.150 e. The van der Waals surface area contributed by atoms with Crippen LogP contribution in [0.2, 0.25) is 5.02 Å². The van der Waals surface area contributed by atoms with Gasteiger partial charge in [-0.2, -0.15) is 0 Å². The number of aromatic hydroxyl groups is 1. The molecule has 0 aliphatic heterocycles. The number of nitrogens with two attached hydrogens (primary N) is 1. The van der Waals surface area contributed by atoms with Crippen molar-refractivity contribution < 1.29 is 9.50 Å². The second-order valence-corrected chi connectivity index (χ2v) is 6.02. The lowest BCUT2D eigenvalue weighted by Gasteiger charge is -2.28. The van der Waals surface area contributed by atoms with Crippen LogP contribution in [0.4, 0.5) is 4.39 Å². The monoisotopic (exact) mass is 309 g/mol. The van der Waals surface area contributed by atoms with Gasteiger partial charge in [-0.3, -0.25) is 0 Å². The molecule has 90 valence electrons. The molecule has 0 aliphatic rings. The number of rotatable bonds is 1. The second-order valence-electron chi connectivity index (χ2n) is 4.76. The lowest BCUT2D eigenvalue weighted by Crippen LogP contribution is -2.27. The van der Waals surface area contributed by atoms with Crippen LogP contribution in [0.3, 0.4) is 0 Å². The number of phenols is 1. The SMILES string of the molecule is CC(C)(C)C(N)c1c(O)c(Br)cc(Cl)c1F. The summed E-state index contributed by atoms with van der Waals surface area (Å²) in [4.78, 5) is 0. The van der Waals surface area contributed by atoms with E-state index >= 15 is 0 Å². The van der Waals surface area contributed by atoms with E-state index in [2.05, 4.69) is 15.9 Å². The van der Waals surface area contributed by atoms with E-state index in [1.54, 1.807) is 0 Å². The van der Waals surface area contributed by atoms with Gasteiger partial charge in [0.2, 0.25) is 0 Å². The number of phenolic OH excluding ortho intramolecular Hbond substituents is 1. The Morgan fingerprint density at radius 3 is 2.44 bits per heavy atom. The molecule has 1 unspecified atom stereocenters. The van der Waals surface area contributed by atoms with Gasteiger partial charge in [0.25, 0.3) is 0 Å². The van der Waals surface area contributed by atoms with Crippen molar-refractivity contribution in [2.75, 3.05) is 0 Å². The Balaban J connectivity index is 3.44. The van der Waals surface area contributed by atoms with Crippen LogP contribution < -0.4 is 5.73 Å². The first-order valence-corrected chi connectivity index (χ1v) is 5.95. The van der Waals surface area contributed by atoms with Crippen molar-refractivity contribution >= 4 is 27.5 Å². The molecule has 2 nitrogen and oxygen atoms in total. The summed E-state index contributed by atoms with van der Waals surface area (Å²) in [6.45, 7) is 5.60. The Kier molecular flexibility index (Phi) is 3.87. The van der Waals surface area contributed by atoms with Crippen molar-refractivity contribution in [2.24, 2.45) is 11.1 Å². The van der Waals surface area contributed by atoms with Gasteiger partial charge in [-0.25, -0.2) is 4.39 Å². The average molecular weight is 311 g/mol. The summed E-state index contributed by atoms with van der Waals surface area (Å²) in [7, 11) is 0. The molecule has 0 saturated heterocycles. The fourth-order valence-electron chi connectivity index (χ4n) is 1.32. The number of hydrogen-bond acceptors (Lipinski definition) is 2. The summed E-state index contributed by atoms with van der Waals surface area (Å²) in [5.41, 5.74) is 5.61. The van der Waals surface area contributed by atoms with E-state index < -0.39 is 11.9 Å². The van der Waals surface area contributed by atoms with Gasteiger partial charge in [0.05, 0.1) is 9.50 Å². The molecule has 0 radical (unpaired) electrons. The first-order valence-electron chi connectivity index (χ1n) is 4.78. The van der Waals surface area contributed by atoms with Crippen molar-refractivity contribution in [3.63, 3.8) is 0 Å². The minimum absolute atomic E-state index is 0.0480. The highest BCUT2D eigenvalue weighted by Crippen LogP contribution is 2.42. The average Bonchev–Trinajstić information content (AvgIpc) is 2.13. The lowest BCUT2D eigenvalue weighted by molar-refractivity contribution is 0.308. The Bertz CT molecular complexity index is 391. The fraction of sp³-hybridized carbons (Fsp3) is 0.455. The molecule has 1 rings (SSSR count). The maximum atomic E-state index is 13.8. The summed E-state index contributed by atoms with van der Waals surface area (Å²) in [6.07, 6.45) is 0. The van der Waals surface area contributed by atoms with Gasteiger partial charge >= 0.3 is 0 Å². The normalized spacial score (nSPS) is 13.9. The highest BCUT2D eigenvalue weighted by atomic mass is 79.9. The highest BCUT2D eigenvalue weighted by Gasteiger charge is 2.29. The molecule has 0 heterocycles. The van der Waals surface area contributed by atoms with Crippen LogP contribution in [0.25, 0.3) is 0 Å². The minimum atomic E-state index is -0.662. The quantitative estimate of drug-likeness (QED) is 0.770. The highest BCUT2D eigenvalue weighted by molar-refractivity contribution is 9.10. The predicted octanol–water partition coefficient (Wildman–Crippen LogP) is 3.99. The molecule has 1 aromatic rings. The number of halogens is 3. The van der Waals surface area contributed by atoms with Crippen molar-refractivity contribution in [2.45, 2.75) is 26.8 Å². The summed E-state index contributed by atoms with van der Waals surface area (Å²) < 4.78 is 14.2. The van der Waals surface area contributed by atoms with Gasteiger partial charge in [0.15, 0.2) is 0 Å². The van der Waals surface area contributed by atoms with Gasteiger partial charge in [0.1, 0.15) is 11.6 Å². The van der Waals surface area contributed by atoms with Gasteiger partial charge in [0, 0.05) is 11.6 Å². The van der Waals surface area contributed by atoms with Gasteiger partial charge < -0.3 is 10.8 Å². The maximum absolute atomic E-state index is 13.8. The van der Waals surface area contributed by atoms with Gasteiger partial charge in [-0.05, 0) is 27.4 Å². The Hall–Kier alpha value is -0.320. The van der Waals surface area contributed by atoms with E-state index in [0.29, 0.717) is 4.47 Å². The summed E-state index contributed by atoms with van der Waals surface area (Å²) in [5.74, 6) is -0.853. The summed E-state index contributed by atoms with van der Waals surface area (Å²) in [5, 5.41) is 9.75. The summed E-state index contributed by atoms with van der Waals surface area (Å²) >= 11 is 8.82. The third-order valence-corrected chi connectivity index (χ3v) is 3.30. The number of benzene rings is 1. The van der Waals surface area contributed by atoms with Crippen LogP contribution >= 0.6 is 27.5 Å². The molecule has 0 bridgehead atoms. The molecule has 0 saturated carbocycles. The van der Waals surface area contributed by atoms with Crippen molar-refractivity contribution in [1.82, 2.24) is 0 Å². The van der Waals surface area contributed by atoms with Crippen LogP contribution in [0.1, 0.15) is 32.4 Å². The molecule has 0 aliphatic carbocycles. The van der Waals surface area contributed by atoms with E-state index in [9.17, 15) is 9.50 Å². The Labute approximate surface area is 108 Å². The standard InChI is InChI=1S/C11H14BrClFNO/c1-11(2,3)10(15)7-8(14)6(13)4-5(12)9(7)16/h4,10,16H,15H2,1-3H3. The zero-order valence-electron chi connectivity index (χ0n) is 9.31. The Morgan fingerprint density at radius 2 is 2.00 bits per heavy atom. The largest absolute Gasteiger partial charge is 0.506 e. The van der Waals surface area contributed by atoms with Crippen molar-refractivity contribution in [3.8, 4) is 5.75 Å². The van der Waals surface area contributed by atoms with Crippen LogP contribution in [-0.2, 0) is 0 Å². The molecule has 1 aromatic carbocycles. The molecule has 0 spiro atoms. The van der Waals surface area contributed by atoms with E-state index in [1.807, 2.05) is 20.8 Å². The van der Waals surface area contributed by atoms with Crippen LogP contribution in [0, 0.1) is 11.2 Å². The van der Waals surface area contributed by atoms with Gasteiger partial charge in [-0.15, -0.1) is 0 Å². The second kappa shape index (κ2) is 4.51. The molecular formula is C11H14BrClFNO. The predicted molar refractivity (Wildman–Crippen MR) is 67.2 cm³/mol. The topological polar surface area (TPSA) is 46.2 Å². The molecule has 0 amide bonds. The third-order valence-electron chi connectivity index (χ3n) is 2.42. The van der Waals surface area contributed by atoms with E-state index in [1.165, 1.54) is 6.07 Å². The third kappa shape index (κ3) is 2.50. The fourth-order valence-corrected chi connectivity index (χ4v) is 2.11. The minimum Gasteiger partial charge on any atom is -0.506 e. The zero-order valence-corrected chi connectivity index (χ0v) is 11.7.